The summed E-state index contributed by atoms with van der Waals surface area (Å²) in [6.45, 7) is 5.79. The van der Waals surface area contributed by atoms with Gasteiger partial charge in [0.1, 0.15) is 0 Å². The van der Waals surface area contributed by atoms with Crippen molar-refractivity contribution >= 4 is 5.91 Å². The first-order valence-corrected chi connectivity index (χ1v) is 5.73. The maximum atomic E-state index is 11.9. The van der Waals surface area contributed by atoms with Crippen LogP contribution in [-0.4, -0.2) is 29.9 Å². The second kappa shape index (κ2) is 5.35. The van der Waals surface area contributed by atoms with Crippen molar-refractivity contribution in [2.45, 2.75) is 45.6 Å². The molecule has 82 valence electrons. The van der Waals surface area contributed by atoms with E-state index in [1.807, 2.05) is 4.90 Å². The molecule has 1 saturated heterocycles. The Morgan fingerprint density at radius 1 is 1.50 bits per heavy atom. The van der Waals surface area contributed by atoms with Crippen molar-refractivity contribution < 1.29 is 4.79 Å². The van der Waals surface area contributed by atoms with Crippen LogP contribution in [0, 0.1) is 5.92 Å². The third-order valence-electron chi connectivity index (χ3n) is 2.97. The molecule has 2 N–H and O–H groups in total. The van der Waals surface area contributed by atoms with Crippen LogP contribution in [0.2, 0.25) is 0 Å². The van der Waals surface area contributed by atoms with Gasteiger partial charge in [-0.2, -0.15) is 0 Å². The Bertz CT molecular complexity index is 188. The third-order valence-corrected chi connectivity index (χ3v) is 2.97. The summed E-state index contributed by atoms with van der Waals surface area (Å²) in [5.41, 5.74) is 5.65. The largest absolute Gasteiger partial charge is 0.339 e. The molecule has 3 nitrogen and oxygen atoms in total. The number of hydrogen-bond acceptors (Lipinski definition) is 2. The van der Waals surface area contributed by atoms with Gasteiger partial charge in [-0.1, -0.05) is 26.7 Å². The number of nitrogens with zero attached hydrogens (tertiary/aromatic N) is 1. The zero-order valence-corrected chi connectivity index (χ0v) is 9.33. The first-order chi connectivity index (χ1) is 6.69. The first-order valence-electron chi connectivity index (χ1n) is 5.73. The molecule has 1 aliphatic rings. The minimum atomic E-state index is 0.225. The molecule has 0 bridgehead atoms. The Hall–Kier alpha value is -0.570. The van der Waals surface area contributed by atoms with Crippen LogP contribution in [0.5, 0.6) is 0 Å². The Kier molecular flexibility index (Phi) is 4.39. The summed E-state index contributed by atoms with van der Waals surface area (Å²) in [4.78, 5) is 13.8. The second-order valence-corrected chi connectivity index (χ2v) is 4.25. The quantitative estimate of drug-likeness (QED) is 0.725. The van der Waals surface area contributed by atoms with Crippen LogP contribution in [0.15, 0.2) is 0 Å². The van der Waals surface area contributed by atoms with E-state index in [9.17, 15) is 4.79 Å². The lowest BCUT2D eigenvalue weighted by Gasteiger charge is -2.39. The fourth-order valence-corrected chi connectivity index (χ4v) is 1.90. The van der Waals surface area contributed by atoms with E-state index in [1.165, 1.54) is 6.42 Å². The second-order valence-electron chi connectivity index (χ2n) is 4.25. The molecule has 0 saturated carbocycles. The Balaban J connectivity index is 2.32. The monoisotopic (exact) mass is 198 g/mol. The van der Waals surface area contributed by atoms with Crippen molar-refractivity contribution in [3.05, 3.63) is 0 Å². The van der Waals surface area contributed by atoms with Crippen LogP contribution < -0.4 is 5.73 Å². The lowest BCUT2D eigenvalue weighted by atomic mass is 9.95. The number of hydrogen-bond donors (Lipinski definition) is 1. The van der Waals surface area contributed by atoms with E-state index in [1.54, 1.807) is 0 Å². The zero-order chi connectivity index (χ0) is 10.6. The summed E-state index contributed by atoms with van der Waals surface area (Å²) < 4.78 is 0. The highest BCUT2D eigenvalue weighted by Gasteiger charge is 2.31. The number of carbonyl (C=O) groups is 1. The average Bonchev–Trinajstić information content (AvgIpc) is 2.14. The fraction of sp³-hybridized carbons (Fsp3) is 0.909. The van der Waals surface area contributed by atoms with Crippen LogP contribution in [0.4, 0.5) is 0 Å². The van der Waals surface area contributed by atoms with Crippen LogP contribution in [-0.2, 0) is 4.79 Å². The maximum Gasteiger partial charge on any atom is 0.225 e. The molecule has 1 rings (SSSR count). The summed E-state index contributed by atoms with van der Waals surface area (Å²) in [5, 5.41) is 0. The molecule has 1 atom stereocenters. The van der Waals surface area contributed by atoms with E-state index < -0.39 is 0 Å². The van der Waals surface area contributed by atoms with Gasteiger partial charge in [0.15, 0.2) is 0 Å². The highest BCUT2D eigenvalue weighted by molar-refractivity contribution is 5.79. The minimum Gasteiger partial charge on any atom is -0.339 e. The van der Waals surface area contributed by atoms with Crippen LogP contribution in [0.3, 0.4) is 0 Å². The summed E-state index contributed by atoms with van der Waals surface area (Å²) in [5.74, 6) is 0.560. The molecule has 0 aliphatic carbocycles. The SMILES string of the molecule is CCCCC(CC)C(=O)N1CC(N)C1. The molecule has 0 aromatic rings. The topological polar surface area (TPSA) is 46.3 Å². The smallest absolute Gasteiger partial charge is 0.225 e. The molecule has 0 radical (unpaired) electrons. The number of carbonyl (C=O) groups excluding carboxylic acids is 1. The minimum absolute atomic E-state index is 0.225. The lowest BCUT2D eigenvalue weighted by molar-refractivity contribution is -0.140. The van der Waals surface area contributed by atoms with Crippen LogP contribution >= 0.6 is 0 Å². The molecule has 1 aliphatic heterocycles. The number of amides is 1. The summed E-state index contributed by atoms with van der Waals surface area (Å²) in [6, 6.07) is 0.225. The summed E-state index contributed by atoms with van der Waals surface area (Å²) in [7, 11) is 0. The van der Waals surface area contributed by atoms with Gasteiger partial charge in [0.2, 0.25) is 5.91 Å². The van der Waals surface area contributed by atoms with Gasteiger partial charge in [0, 0.05) is 25.0 Å². The van der Waals surface area contributed by atoms with Crippen LogP contribution in [0.1, 0.15) is 39.5 Å². The van der Waals surface area contributed by atoms with Gasteiger partial charge in [0.05, 0.1) is 0 Å². The first kappa shape index (κ1) is 11.5. The fourth-order valence-electron chi connectivity index (χ4n) is 1.90. The Morgan fingerprint density at radius 2 is 2.14 bits per heavy atom. The van der Waals surface area contributed by atoms with E-state index in [2.05, 4.69) is 13.8 Å². The molecule has 14 heavy (non-hydrogen) atoms. The Morgan fingerprint density at radius 3 is 2.57 bits per heavy atom. The zero-order valence-electron chi connectivity index (χ0n) is 9.33. The van der Waals surface area contributed by atoms with E-state index in [0.717, 1.165) is 32.4 Å². The normalized spacial score (nSPS) is 19.2. The highest BCUT2D eigenvalue weighted by atomic mass is 16.2. The van der Waals surface area contributed by atoms with Crippen LogP contribution in [0.25, 0.3) is 0 Å². The Labute approximate surface area is 86.6 Å². The van der Waals surface area contributed by atoms with E-state index >= 15 is 0 Å². The number of nitrogens with two attached hydrogens (primary N) is 1. The molecule has 0 spiro atoms. The van der Waals surface area contributed by atoms with E-state index in [0.29, 0.717) is 5.91 Å². The van der Waals surface area contributed by atoms with Gasteiger partial charge in [-0.15, -0.1) is 0 Å². The molecule has 1 fully saturated rings. The van der Waals surface area contributed by atoms with Crippen molar-refractivity contribution in [2.75, 3.05) is 13.1 Å². The third kappa shape index (κ3) is 2.71. The van der Waals surface area contributed by atoms with E-state index in [4.69, 9.17) is 5.73 Å². The van der Waals surface area contributed by atoms with Gasteiger partial charge in [0.25, 0.3) is 0 Å². The molecular weight excluding hydrogens is 176 g/mol. The van der Waals surface area contributed by atoms with E-state index in [-0.39, 0.29) is 12.0 Å². The molecule has 0 aromatic carbocycles. The molecule has 1 amide bonds. The van der Waals surface area contributed by atoms with Gasteiger partial charge in [-0.05, 0) is 12.8 Å². The van der Waals surface area contributed by atoms with Gasteiger partial charge >= 0.3 is 0 Å². The summed E-state index contributed by atoms with van der Waals surface area (Å²) >= 11 is 0. The number of likely N-dealkylation sites (tertiary alicyclic amines) is 1. The molecule has 1 unspecified atom stereocenters. The van der Waals surface area contributed by atoms with Gasteiger partial charge < -0.3 is 10.6 Å². The highest BCUT2D eigenvalue weighted by Crippen LogP contribution is 2.18. The van der Waals surface area contributed by atoms with Gasteiger partial charge in [-0.3, -0.25) is 4.79 Å². The molecular formula is C11H22N2O. The summed E-state index contributed by atoms with van der Waals surface area (Å²) in [6.07, 6.45) is 4.33. The van der Waals surface area contributed by atoms with Gasteiger partial charge in [-0.25, -0.2) is 0 Å². The molecule has 0 aromatic heterocycles. The van der Waals surface area contributed by atoms with Crippen molar-refractivity contribution in [3.8, 4) is 0 Å². The lowest BCUT2D eigenvalue weighted by Crippen LogP contribution is -2.59. The van der Waals surface area contributed by atoms with Crippen molar-refractivity contribution in [1.82, 2.24) is 4.90 Å². The van der Waals surface area contributed by atoms with Crippen molar-refractivity contribution in [3.63, 3.8) is 0 Å². The molecule has 3 heteroatoms. The standard InChI is InChI=1S/C11H22N2O/c1-3-5-6-9(4-2)11(14)13-7-10(12)8-13/h9-10H,3-8,12H2,1-2H3. The van der Waals surface area contributed by atoms with Crippen molar-refractivity contribution in [1.29, 1.82) is 0 Å². The maximum absolute atomic E-state index is 11.9. The number of rotatable bonds is 5. The predicted octanol–water partition coefficient (Wildman–Crippen LogP) is 1.37. The predicted molar refractivity (Wildman–Crippen MR) is 57.9 cm³/mol. The van der Waals surface area contributed by atoms with Crippen molar-refractivity contribution in [2.24, 2.45) is 11.7 Å². The average molecular weight is 198 g/mol. The number of unbranched alkanes of at least 4 members (excludes halogenated alkanes) is 1. The molecule has 1 heterocycles.